The number of carbonyl (C=O) groups excluding carboxylic acids is 1. The van der Waals surface area contributed by atoms with E-state index in [1.807, 2.05) is 23.1 Å². The predicted octanol–water partition coefficient (Wildman–Crippen LogP) is 1.91. The molecule has 33 heavy (non-hydrogen) atoms. The zero-order valence-corrected chi connectivity index (χ0v) is 19.4. The molecule has 0 spiro atoms. The highest BCUT2D eigenvalue weighted by atomic mass is 16.5. The van der Waals surface area contributed by atoms with Gasteiger partial charge in [-0.05, 0) is 50.9 Å². The lowest BCUT2D eigenvalue weighted by molar-refractivity contribution is 0.0746. The van der Waals surface area contributed by atoms with E-state index in [1.54, 1.807) is 6.20 Å². The van der Waals surface area contributed by atoms with Crippen LogP contribution in [0.15, 0.2) is 30.5 Å². The SMILES string of the molecule is CN1CCN(c2ccc(N3CCN(C(=O)c4ccc(OC5CCCC5)nc4)CC3)nn2)CC1. The number of likely N-dealkylation sites (N-methyl/N-ethyl adjacent to an activating group) is 1. The number of carbonyl (C=O) groups is 1. The molecule has 9 nitrogen and oxygen atoms in total. The molecule has 2 saturated heterocycles. The van der Waals surface area contributed by atoms with Crippen molar-refractivity contribution in [1.29, 1.82) is 0 Å². The Bertz CT molecular complexity index is 915. The number of anilines is 2. The molecule has 2 aromatic rings. The van der Waals surface area contributed by atoms with Crippen molar-refractivity contribution in [2.75, 3.05) is 69.2 Å². The van der Waals surface area contributed by atoms with Crippen molar-refractivity contribution in [3.8, 4) is 5.88 Å². The summed E-state index contributed by atoms with van der Waals surface area (Å²) in [6, 6.07) is 7.76. The quantitative estimate of drug-likeness (QED) is 0.682. The molecule has 3 aliphatic rings. The first-order valence-corrected chi connectivity index (χ1v) is 12.1. The highest BCUT2D eigenvalue weighted by molar-refractivity contribution is 5.94. The molecule has 1 amide bonds. The van der Waals surface area contributed by atoms with E-state index in [2.05, 4.69) is 43.0 Å². The largest absolute Gasteiger partial charge is 0.474 e. The zero-order valence-electron chi connectivity index (χ0n) is 19.4. The van der Waals surface area contributed by atoms with Gasteiger partial charge in [0, 0.05) is 64.6 Å². The maximum absolute atomic E-state index is 12.9. The second-order valence-corrected chi connectivity index (χ2v) is 9.23. The number of pyridine rings is 1. The molecule has 0 atom stereocenters. The molecule has 0 unspecified atom stereocenters. The summed E-state index contributed by atoms with van der Waals surface area (Å²) in [5, 5.41) is 8.93. The van der Waals surface area contributed by atoms with Gasteiger partial charge in [0.15, 0.2) is 11.6 Å². The van der Waals surface area contributed by atoms with Crippen LogP contribution in [0.5, 0.6) is 5.88 Å². The van der Waals surface area contributed by atoms with Gasteiger partial charge < -0.3 is 24.3 Å². The monoisotopic (exact) mass is 451 g/mol. The van der Waals surface area contributed by atoms with E-state index in [0.29, 0.717) is 24.5 Å². The van der Waals surface area contributed by atoms with Crippen LogP contribution in [0.1, 0.15) is 36.0 Å². The van der Waals surface area contributed by atoms with Crippen LogP contribution >= 0.6 is 0 Å². The summed E-state index contributed by atoms with van der Waals surface area (Å²) >= 11 is 0. The van der Waals surface area contributed by atoms with Crippen LogP contribution in [-0.4, -0.2) is 96.4 Å². The van der Waals surface area contributed by atoms with Crippen molar-refractivity contribution < 1.29 is 9.53 Å². The highest BCUT2D eigenvalue weighted by Gasteiger charge is 2.24. The van der Waals surface area contributed by atoms with E-state index in [-0.39, 0.29) is 12.0 Å². The third-order valence-corrected chi connectivity index (χ3v) is 6.93. The number of ether oxygens (including phenoxy) is 1. The van der Waals surface area contributed by atoms with Gasteiger partial charge in [-0.3, -0.25) is 4.79 Å². The third kappa shape index (κ3) is 5.19. The minimum atomic E-state index is 0.0195. The van der Waals surface area contributed by atoms with E-state index >= 15 is 0 Å². The first-order chi connectivity index (χ1) is 16.2. The Kier molecular flexibility index (Phi) is 6.57. The normalized spacial score (nSPS) is 20.3. The van der Waals surface area contributed by atoms with Gasteiger partial charge in [-0.1, -0.05) is 0 Å². The number of nitrogens with zero attached hydrogens (tertiary/aromatic N) is 7. The lowest BCUT2D eigenvalue weighted by Gasteiger charge is -2.35. The van der Waals surface area contributed by atoms with Crippen molar-refractivity contribution in [1.82, 2.24) is 25.0 Å². The molecule has 3 fully saturated rings. The van der Waals surface area contributed by atoms with Gasteiger partial charge in [0.05, 0.1) is 5.56 Å². The summed E-state index contributed by atoms with van der Waals surface area (Å²) in [5.41, 5.74) is 0.610. The van der Waals surface area contributed by atoms with Crippen molar-refractivity contribution in [3.63, 3.8) is 0 Å². The summed E-state index contributed by atoms with van der Waals surface area (Å²) in [5.74, 6) is 2.44. The van der Waals surface area contributed by atoms with Gasteiger partial charge in [0.1, 0.15) is 6.10 Å². The maximum Gasteiger partial charge on any atom is 0.255 e. The molecule has 0 bridgehead atoms. The number of hydrogen-bond acceptors (Lipinski definition) is 8. The smallest absolute Gasteiger partial charge is 0.255 e. The van der Waals surface area contributed by atoms with Gasteiger partial charge >= 0.3 is 0 Å². The average molecular weight is 452 g/mol. The van der Waals surface area contributed by atoms with E-state index in [4.69, 9.17) is 4.74 Å². The topological polar surface area (TPSA) is 77.9 Å². The maximum atomic E-state index is 12.9. The minimum Gasteiger partial charge on any atom is -0.474 e. The van der Waals surface area contributed by atoms with E-state index < -0.39 is 0 Å². The summed E-state index contributed by atoms with van der Waals surface area (Å²) < 4.78 is 5.91. The molecular formula is C24H33N7O2. The van der Waals surface area contributed by atoms with Crippen LogP contribution in [0, 0.1) is 0 Å². The van der Waals surface area contributed by atoms with Gasteiger partial charge in [-0.15, -0.1) is 10.2 Å². The fraction of sp³-hybridized carbons (Fsp3) is 0.583. The van der Waals surface area contributed by atoms with Gasteiger partial charge in [0.25, 0.3) is 5.91 Å². The standard InChI is InChI=1S/C24H33N7O2/c1-28-10-12-29(13-11-28)21-7-8-22(27-26-21)30-14-16-31(17-15-30)24(32)19-6-9-23(25-18-19)33-20-4-2-3-5-20/h6-9,18,20H,2-5,10-17H2,1H3. The van der Waals surface area contributed by atoms with Crippen LogP contribution in [0.2, 0.25) is 0 Å². The van der Waals surface area contributed by atoms with Crippen LogP contribution in [0.25, 0.3) is 0 Å². The molecule has 0 radical (unpaired) electrons. The van der Waals surface area contributed by atoms with Crippen molar-refractivity contribution >= 4 is 17.5 Å². The van der Waals surface area contributed by atoms with Crippen LogP contribution in [-0.2, 0) is 0 Å². The molecule has 0 aromatic carbocycles. The fourth-order valence-corrected chi connectivity index (χ4v) is 4.77. The molecule has 4 heterocycles. The Morgan fingerprint density at radius 2 is 1.45 bits per heavy atom. The van der Waals surface area contributed by atoms with Gasteiger partial charge in [0.2, 0.25) is 5.88 Å². The average Bonchev–Trinajstić information content (AvgIpc) is 3.38. The molecule has 1 saturated carbocycles. The Hall–Kier alpha value is -2.94. The molecular weight excluding hydrogens is 418 g/mol. The molecule has 0 N–H and O–H groups in total. The van der Waals surface area contributed by atoms with Crippen molar-refractivity contribution in [3.05, 3.63) is 36.0 Å². The number of hydrogen-bond donors (Lipinski definition) is 0. The Labute approximate surface area is 195 Å². The van der Waals surface area contributed by atoms with Gasteiger partial charge in [-0.25, -0.2) is 4.98 Å². The lowest BCUT2D eigenvalue weighted by atomic mass is 10.2. The summed E-state index contributed by atoms with van der Waals surface area (Å²) in [6.07, 6.45) is 6.54. The van der Waals surface area contributed by atoms with Gasteiger partial charge in [-0.2, -0.15) is 0 Å². The van der Waals surface area contributed by atoms with E-state index in [0.717, 1.165) is 63.7 Å². The lowest BCUT2D eigenvalue weighted by Crippen LogP contribution is -2.49. The molecule has 1 aliphatic carbocycles. The number of aromatic nitrogens is 3. The number of amides is 1. The second kappa shape index (κ2) is 9.91. The first-order valence-electron chi connectivity index (χ1n) is 12.1. The van der Waals surface area contributed by atoms with Crippen LogP contribution in [0.3, 0.4) is 0 Å². The number of piperazine rings is 2. The van der Waals surface area contributed by atoms with Crippen molar-refractivity contribution in [2.45, 2.75) is 31.8 Å². The Balaban J connectivity index is 1.12. The second-order valence-electron chi connectivity index (χ2n) is 9.23. The van der Waals surface area contributed by atoms with Crippen LogP contribution in [0.4, 0.5) is 11.6 Å². The van der Waals surface area contributed by atoms with E-state index in [9.17, 15) is 4.79 Å². The molecule has 2 aliphatic heterocycles. The van der Waals surface area contributed by atoms with Crippen LogP contribution < -0.4 is 14.5 Å². The number of rotatable bonds is 5. The summed E-state index contributed by atoms with van der Waals surface area (Å²) in [4.78, 5) is 26.0. The zero-order chi connectivity index (χ0) is 22.6. The molecule has 9 heteroatoms. The Morgan fingerprint density at radius 3 is 2.00 bits per heavy atom. The minimum absolute atomic E-state index is 0.0195. The first kappa shape index (κ1) is 21.9. The van der Waals surface area contributed by atoms with E-state index in [1.165, 1.54) is 12.8 Å². The summed E-state index contributed by atoms with van der Waals surface area (Å²) in [6.45, 7) is 6.84. The van der Waals surface area contributed by atoms with Crippen molar-refractivity contribution in [2.24, 2.45) is 0 Å². The molecule has 5 rings (SSSR count). The summed E-state index contributed by atoms with van der Waals surface area (Å²) in [7, 11) is 2.15. The molecule has 2 aromatic heterocycles. The predicted molar refractivity (Wildman–Crippen MR) is 127 cm³/mol. The third-order valence-electron chi connectivity index (χ3n) is 6.93. The molecule has 176 valence electrons. The fourth-order valence-electron chi connectivity index (χ4n) is 4.77. The Morgan fingerprint density at radius 1 is 0.848 bits per heavy atom. The highest BCUT2D eigenvalue weighted by Crippen LogP contribution is 2.23.